The van der Waals surface area contributed by atoms with Crippen LogP contribution in [0.25, 0.3) is 22.1 Å². The van der Waals surface area contributed by atoms with E-state index in [9.17, 15) is 9.18 Å². The summed E-state index contributed by atoms with van der Waals surface area (Å²) in [5.41, 5.74) is 5.11. The molecule has 172 valence electrons. The highest BCUT2D eigenvalue weighted by atomic mass is 32.1. The first-order valence-electron chi connectivity index (χ1n) is 11.0. The maximum atomic E-state index is 13.9. The van der Waals surface area contributed by atoms with Crippen LogP contribution in [0.3, 0.4) is 0 Å². The van der Waals surface area contributed by atoms with Gasteiger partial charge in [-0.05, 0) is 73.9 Å². The van der Waals surface area contributed by atoms with Crippen LogP contribution in [-0.2, 0) is 6.61 Å². The van der Waals surface area contributed by atoms with E-state index in [-0.39, 0.29) is 18.0 Å². The first-order chi connectivity index (χ1) is 16.4. The second kappa shape index (κ2) is 8.91. The Morgan fingerprint density at radius 1 is 1.03 bits per heavy atom. The van der Waals surface area contributed by atoms with Gasteiger partial charge in [-0.15, -0.1) is 0 Å². The van der Waals surface area contributed by atoms with Crippen molar-refractivity contribution in [3.05, 3.63) is 97.6 Å². The Morgan fingerprint density at radius 2 is 1.82 bits per heavy atom. The largest absolute Gasteiger partial charge is 0.490 e. The quantitative estimate of drug-likeness (QED) is 0.340. The average Bonchev–Trinajstić information content (AvgIpc) is 3.30. The zero-order valence-corrected chi connectivity index (χ0v) is 19.9. The number of nitrogens with zero attached hydrogens (tertiary/aromatic N) is 2. The van der Waals surface area contributed by atoms with E-state index in [2.05, 4.69) is 4.98 Å². The van der Waals surface area contributed by atoms with E-state index in [0.29, 0.717) is 33.2 Å². The number of aromatic nitrogens is 2. The van der Waals surface area contributed by atoms with Gasteiger partial charge < -0.3 is 9.47 Å². The Balaban J connectivity index is 1.51. The molecule has 0 unspecified atom stereocenters. The lowest BCUT2D eigenvalue weighted by Gasteiger charge is -2.13. The molecule has 0 saturated heterocycles. The number of thiazole rings is 1. The Hall–Kier alpha value is -3.71. The van der Waals surface area contributed by atoms with Gasteiger partial charge >= 0.3 is 0 Å². The first-order valence-corrected chi connectivity index (χ1v) is 11.8. The predicted octanol–water partition coefficient (Wildman–Crippen LogP) is 5.19. The molecule has 34 heavy (non-hydrogen) atoms. The van der Waals surface area contributed by atoms with Gasteiger partial charge in [0.15, 0.2) is 16.5 Å². The normalized spacial score (nSPS) is 12.1. The maximum Gasteiger partial charge on any atom is 0.274 e. The number of benzene rings is 3. The minimum atomic E-state index is -0.311. The topological polar surface area (TPSA) is 52.8 Å². The lowest BCUT2D eigenvalue weighted by Crippen LogP contribution is -2.22. The lowest BCUT2D eigenvalue weighted by atomic mass is 10.1. The fourth-order valence-electron chi connectivity index (χ4n) is 3.84. The van der Waals surface area contributed by atoms with E-state index in [0.717, 1.165) is 27.7 Å². The van der Waals surface area contributed by atoms with Gasteiger partial charge in [-0.2, -0.15) is 0 Å². The molecule has 0 aliphatic carbocycles. The zero-order valence-electron chi connectivity index (χ0n) is 19.1. The van der Waals surface area contributed by atoms with Gasteiger partial charge in [0.1, 0.15) is 12.4 Å². The molecule has 2 aromatic heterocycles. The fraction of sp³-hybridized carbons (Fsp3) is 0.185. The highest BCUT2D eigenvalue weighted by Gasteiger charge is 2.13. The van der Waals surface area contributed by atoms with Crippen molar-refractivity contribution >= 4 is 33.4 Å². The summed E-state index contributed by atoms with van der Waals surface area (Å²) >= 11 is 1.36. The summed E-state index contributed by atoms with van der Waals surface area (Å²) in [5.74, 6) is 0.745. The number of hydrogen-bond donors (Lipinski definition) is 0. The van der Waals surface area contributed by atoms with Gasteiger partial charge in [-0.3, -0.25) is 4.79 Å². The second-order valence-electron chi connectivity index (χ2n) is 8.09. The van der Waals surface area contributed by atoms with Gasteiger partial charge in [-0.1, -0.05) is 35.6 Å². The first kappa shape index (κ1) is 22.1. The molecule has 5 aromatic rings. The van der Waals surface area contributed by atoms with E-state index < -0.39 is 0 Å². The third-order valence-electron chi connectivity index (χ3n) is 5.76. The van der Waals surface area contributed by atoms with Crippen molar-refractivity contribution in [2.45, 2.75) is 27.4 Å². The van der Waals surface area contributed by atoms with Gasteiger partial charge in [0, 0.05) is 5.56 Å². The van der Waals surface area contributed by atoms with Crippen LogP contribution < -0.4 is 19.6 Å². The molecular formula is C27H23FN2O3S. The summed E-state index contributed by atoms with van der Waals surface area (Å²) in [7, 11) is 0. The summed E-state index contributed by atoms with van der Waals surface area (Å²) in [4.78, 5) is 18.5. The minimum Gasteiger partial charge on any atom is -0.490 e. The molecule has 3 aromatic carbocycles. The Bertz CT molecular complexity index is 1640. The van der Waals surface area contributed by atoms with E-state index in [1.165, 1.54) is 17.4 Å². The minimum absolute atomic E-state index is 0.0919. The second-order valence-corrected chi connectivity index (χ2v) is 9.10. The number of aryl methyl sites for hydroxylation is 2. The molecule has 0 radical (unpaired) electrons. The van der Waals surface area contributed by atoms with Crippen molar-refractivity contribution in [1.82, 2.24) is 9.38 Å². The molecule has 0 saturated carbocycles. The van der Waals surface area contributed by atoms with Crippen LogP contribution in [0.2, 0.25) is 0 Å². The van der Waals surface area contributed by atoms with Crippen LogP contribution in [0.4, 0.5) is 4.39 Å². The number of halogens is 1. The molecule has 2 heterocycles. The van der Waals surface area contributed by atoms with Gasteiger partial charge in [-0.25, -0.2) is 13.8 Å². The van der Waals surface area contributed by atoms with Crippen LogP contribution in [0, 0.1) is 19.7 Å². The standard InChI is InChI=1S/C27H23FN2O3S/c1-4-32-24-13-18(9-10-23(24)33-15-19-7-5-6-8-20(19)28)14-25-26(31)30-22-12-17(3)16(2)11-21(22)29-27(30)34-25/h5-14H,4,15H2,1-3H3/b25-14+. The monoisotopic (exact) mass is 474 g/mol. The van der Waals surface area contributed by atoms with Crippen molar-refractivity contribution in [2.75, 3.05) is 6.61 Å². The number of imidazole rings is 1. The molecule has 0 amide bonds. The Morgan fingerprint density at radius 3 is 2.62 bits per heavy atom. The number of hydrogen-bond acceptors (Lipinski definition) is 5. The number of rotatable bonds is 6. The van der Waals surface area contributed by atoms with Crippen LogP contribution in [-0.4, -0.2) is 16.0 Å². The van der Waals surface area contributed by atoms with Gasteiger partial charge in [0.25, 0.3) is 5.56 Å². The van der Waals surface area contributed by atoms with E-state index in [1.807, 2.05) is 51.1 Å². The molecule has 5 rings (SSSR count). The van der Waals surface area contributed by atoms with Crippen molar-refractivity contribution in [1.29, 1.82) is 0 Å². The summed E-state index contributed by atoms with van der Waals surface area (Å²) in [5, 5.41) is 0. The summed E-state index contributed by atoms with van der Waals surface area (Å²) in [6.45, 7) is 6.50. The maximum absolute atomic E-state index is 13.9. The number of ether oxygens (including phenoxy) is 2. The SMILES string of the molecule is CCOc1cc(/C=c2/sc3nc4cc(C)c(C)cc4n3c2=O)ccc1OCc1ccccc1F. The van der Waals surface area contributed by atoms with Crippen LogP contribution >= 0.6 is 11.3 Å². The molecule has 0 aliphatic heterocycles. The van der Waals surface area contributed by atoms with Crippen molar-refractivity contribution in [3.63, 3.8) is 0 Å². The molecule has 0 spiro atoms. The Labute approximate surface area is 199 Å². The molecule has 5 nitrogen and oxygen atoms in total. The molecule has 0 N–H and O–H groups in total. The van der Waals surface area contributed by atoms with Crippen LogP contribution in [0.1, 0.15) is 29.2 Å². The van der Waals surface area contributed by atoms with E-state index >= 15 is 0 Å². The summed E-state index contributed by atoms with van der Waals surface area (Å²) < 4.78 is 27.8. The van der Waals surface area contributed by atoms with E-state index in [1.54, 1.807) is 28.7 Å². The van der Waals surface area contributed by atoms with Crippen molar-refractivity contribution in [2.24, 2.45) is 0 Å². The van der Waals surface area contributed by atoms with Crippen molar-refractivity contribution < 1.29 is 13.9 Å². The lowest BCUT2D eigenvalue weighted by molar-refractivity contribution is 0.266. The molecule has 0 bridgehead atoms. The molecule has 0 fully saturated rings. The molecule has 0 aliphatic rings. The Kier molecular flexibility index (Phi) is 5.79. The van der Waals surface area contributed by atoms with Gasteiger partial charge in [0.2, 0.25) is 0 Å². The average molecular weight is 475 g/mol. The highest BCUT2D eigenvalue weighted by Crippen LogP contribution is 2.30. The van der Waals surface area contributed by atoms with Crippen LogP contribution in [0.15, 0.2) is 59.4 Å². The molecule has 7 heteroatoms. The molecule has 0 atom stereocenters. The van der Waals surface area contributed by atoms with Gasteiger partial charge in [0.05, 0.1) is 22.2 Å². The summed E-state index contributed by atoms with van der Waals surface area (Å²) in [6.07, 6.45) is 1.83. The smallest absolute Gasteiger partial charge is 0.274 e. The predicted molar refractivity (Wildman–Crippen MR) is 133 cm³/mol. The molecular weight excluding hydrogens is 451 g/mol. The highest BCUT2D eigenvalue weighted by molar-refractivity contribution is 7.15. The third kappa shape index (κ3) is 4.03. The van der Waals surface area contributed by atoms with Crippen LogP contribution in [0.5, 0.6) is 11.5 Å². The van der Waals surface area contributed by atoms with E-state index in [4.69, 9.17) is 9.47 Å². The fourth-order valence-corrected chi connectivity index (χ4v) is 4.83. The third-order valence-corrected chi connectivity index (χ3v) is 6.73. The number of fused-ring (bicyclic) bond motifs is 3. The zero-order chi connectivity index (χ0) is 23.8. The van der Waals surface area contributed by atoms with Crippen molar-refractivity contribution in [3.8, 4) is 11.5 Å². The summed E-state index contributed by atoms with van der Waals surface area (Å²) in [6, 6.07) is 16.0.